The summed E-state index contributed by atoms with van der Waals surface area (Å²) >= 11 is 0. The lowest BCUT2D eigenvalue weighted by atomic mass is 9.65. The van der Waals surface area contributed by atoms with Crippen molar-refractivity contribution in [3.63, 3.8) is 0 Å². The molecule has 0 atom stereocenters. The first-order valence-electron chi connectivity index (χ1n) is 11.3. The average Bonchev–Trinajstić information content (AvgIpc) is 2.71. The first-order valence-corrected chi connectivity index (χ1v) is 11.3. The minimum atomic E-state index is 0.00910. The minimum Gasteiger partial charge on any atom is -0.379 e. The molecule has 0 aromatic carbocycles. The van der Waals surface area contributed by atoms with Gasteiger partial charge in [0.2, 0.25) is 0 Å². The first-order chi connectivity index (χ1) is 12.9. The van der Waals surface area contributed by atoms with Crippen LogP contribution in [0.15, 0.2) is 0 Å². The van der Waals surface area contributed by atoms with E-state index < -0.39 is 0 Å². The summed E-state index contributed by atoms with van der Waals surface area (Å²) in [6, 6.07) is 0. The standard InChI is InChI=1S/C22H40O4/c1-3-8-20(9-4-1)22(21-10-5-2-6-11-21)12-15-25-17-16-23-13-7-14-24-18-19-26-22/h20-21H,1-19H2. The van der Waals surface area contributed by atoms with Crippen LogP contribution in [-0.4, -0.2) is 51.8 Å². The van der Waals surface area contributed by atoms with Crippen molar-refractivity contribution in [2.45, 2.75) is 82.7 Å². The van der Waals surface area contributed by atoms with Gasteiger partial charge in [0.25, 0.3) is 0 Å². The van der Waals surface area contributed by atoms with E-state index in [1.54, 1.807) is 0 Å². The van der Waals surface area contributed by atoms with Gasteiger partial charge in [0.05, 0.1) is 32.0 Å². The average molecular weight is 369 g/mol. The fourth-order valence-corrected chi connectivity index (χ4v) is 5.44. The Balaban J connectivity index is 1.71. The largest absolute Gasteiger partial charge is 0.379 e. The molecule has 4 heteroatoms. The van der Waals surface area contributed by atoms with Crippen LogP contribution in [0, 0.1) is 11.8 Å². The topological polar surface area (TPSA) is 36.9 Å². The van der Waals surface area contributed by atoms with E-state index in [0.717, 1.165) is 39.3 Å². The Bertz CT molecular complexity index is 327. The third kappa shape index (κ3) is 5.92. The van der Waals surface area contributed by atoms with Crippen molar-refractivity contribution in [1.82, 2.24) is 0 Å². The fourth-order valence-electron chi connectivity index (χ4n) is 5.44. The SMILES string of the molecule is C1CCC(C2(C3CCCCC3)CCOCCOCCCOCCO2)CC1. The van der Waals surface area contributed by atoms with Gasteiger partial charge in [0.15, 0.2) is 0 Å². The summed E-state index contributed by atoms with van der Waals surface area (Å²) in [5.41, 5.74) is 0.00910. The lowest BCUT2D eigenvalue weighted by molar-refractivity contribution is -0.165. The molecule has 3 aliphatic rings. The van der Waals surface area contributed by atoms with Gasteiger partial charge in [-0.25, -0.2) is 0 Å². The van der Waals surface area contributed by atoms with Crippen molar-refractivity contribution >= 4 is 0 Å². The van der Waals surface area contributed by atoms with Crippen LogP contribution in [0.4, 0.5) is 0 Å². The van der Waals surface area contributed by atoms with Gasteiger partial charge in [0.1, 0.15) is 0 Å². The molecule has 1 heterocycles. The lowest BCUT2D eigenvalue weighted by Gasteiger charge is -2.49. The molecule has 2 aliphatic carbocycles. The Hall–Kier alpha value is -0.160. The smallest absolute Gasteiger partial charge is 0.0761 e. The lowest BCUT2D eigenvalue weighted by Crippen LogP contribution is -2.50. The predicted octanol–water partition coefficient (Wildman–Crippen LogP) is 4.75. The minimum absolute atomic E-state index is 0.00910. The molecule has 0 aromatic rings. The third-order valence-electron chi connectivity index (χ3n) is 6.78. The summed E-state index contributed by atoms with van der Waals surface area (Å²) in [6.45, 7) is 5.17. The van der Waals surface area contributed by atoms with Crippen LogP contribution in [-0.2, 0) is 18.9 Å². The number of hydrogen-bond donors (Lipinski definition) is 0. The molecule has 0 N–H and O–H groups in total. The molecule has 0 amide bonds. The molecule has 4 nitrogen and oxygen atoms in total. The van der Waals surface area contributed by atoms with E-state index in [0.29, 0.717) is 31.7 Å². The maximum Gasteiger partial charge on any atom is 0.0761 e. The molecule has 0 bridgehead atoms. The van der Waals surface area contributed by atoms with Crippen molar-refractivity contribution in [3.8, 4) is 0 Å². The molecular formula is C22H40O4. The molecule has 0 aromatic heterocycles. The molecule has 3 rings (SSSR count). The van der Waals surface area contributed by atoms with E-state index in [4.69, 9.17) is 18.9 Å². The number of hydrogen-bond acceptors (Lipinski definition) is 4. The van der Waals surface area contributed by atoms with Crippen molar-refractivity contribution in [2.75, 3.05) is 46.2 Å². The highest BCUT2D eigenvalue weighted by Gasteiger charge is 2.46. The van der Waals surface area contributed by atoms with Crippen LogP contribution >= 0.6 is 0 Å². The Morgan fingerprint density at radius 3 is 1.54 bits per heavy atom. The van der Waals surface area contributed by atoms with Gasteiger partial charge in [-0.3, -0.25) is 0 Å². The predicted molar refractivity (Wildman–Crippen MR) is 104 cm³/mol. The number of rotatable bonds is 2. The summed E-state index contributed by atoms with van der Waals surface area (Å²) in [6.07, 6.45) is 15.6. The quantitative estimate of drug-likeness (QED) is 0.705. The molecule has 0 spiro atoms. The third-order valence-corrected chi connectivity index (χ3v) is 6.78. The second-order valence-corrected chi connectivity index (χ2v) is 8.41. The molecule has 1 saturated heterocycles. The number of ether oxygens (including phenoxy) is 4. The zero-order chi connectivity index (χ0) is 17.9. The van der Waals surface area contributed by atoms with E-state index in [1.165, 1.54) is 64.2 Å². The molecule has 2 saturated carbocycles. The zero-order valence-electron chi connectivity index (χ0n) is 16.7. The summed E-state index contributed by atoms with van der Waals surface area (Å²) in [7, 11) is 0. The second-order valence-electron chi connectivity index (χ2n) is 8.41. The van der Waals surface area contributed by atoms with Gasteiger partial charge in [0, 0.05) is 26.2 Å². The van der Waals surface area contributed by atoms with Crippen LogP contribution in [0.5, 0.6) is 0 Å². The van der Waals surface area contributed by atoms with E-state index >= 15 is 0 Å². The van der Waals surface area contributed by atoms with Gasteiger partial charge in [-0.2, -0.15) is 0 Å². The molecule has 1 aliphatic heterocycles. The maximum absolute atomic E-state index is 6.82. The summed E-state index contributed by atoms with van der Waals surface area (Å²) in [5.74, 6) is 1.40. The summed E-state index contributed by atoms with van der Waals surface area (Å²) in [4.78, 5) is 0. The maximum atomic E-state index is 6.82. The van der Waals surface area contributed by atoms with Crippen molar-refractivity contribution in [1.29, 1.82) is 0 Å². The highest BCUT2D eigenvalue weighted by Crippen LogP contribution is 2.47. The molecule has 3 fully saturated rings. The second kappa shape index (κ2) is 11.6. The summed E-state index contributed by atoms with van der Waals surface area (Å²) in [5, 5.41) is 0. The van der Waals surface area contributed by atoms with Gasteiger partial charge < -0.3 is 18.9 Å². The van der Waals surface area contributed by atoms with Gasteiger partial charge in [-0.1, -0.05) is 38.5 Å². The van der Waals surface area contributed by atoms with E-state index in [9.17, 15) is 0 Å². The van der Waals surface area contributed by atoms with Crippen LogP contribution in [0.3, 0.4) is 0 Å². The Morgan fingerprint density at radius 2 is 0.962 bits per heavy atom. The zero-order valence-corrected chi connectivity index (χ0v) is 16.7. The normalized spacial score (nSPS) is 29.1. The van der Waals surface area contributed by atoms with Crippen LogP contribution < -0.4 is 0 Å². The Morgan fingerprint density at radius 1 is 0.462 bits per heavy atom. The van der Waals surface area contributed by atoms with Gasteiger partial charge >= 0.3 is 0 Å². The van der Waals surface area contributed by atoms with Crippen LogP contribution in [0.25, 0.3) is 0 Å². The van der Waals surface area contributed by atoms with Gasteiger partial charge in [-0.15, -0.1) is 0 Å². The van der Waals surface area contributed by atoms with E-state index in [-0.39, 0.29) is 5.60 Å². The van der Waals surface area contributed by atoms with Crippen molar-refractivity contribution in [3.05, 3.63) is 0 Å². The van der Waals surface area contributed by atoms with Crippen LogP contribution in [0.1, 0.15) is 77.0 Å². The molecule has 152 valence electrons. The first kappa shape index (κ1) is 20.6. The van der Waals surface area contributed by atoms with E-state index in [1.807, 2.05) is 0 Å². The van der Waals surface area contributed by atoms with Crippen molar-refractivity contribution in [2.24, 2.45) is 11.8 Å². The highest BCUT2D eigenvalue weighted by atomic mass is 16.5. The molecule has 0 unspecified atom stereocenters. The van der Waals surface area contributed by atoms with Crippen LogP contribution in [0.2, 0.25) is 0 Å². The molecular weight excluding hydrogens is 328 g/mol. The van der Waals surface area contributed by atoms with E-state index in [2.05, 4.69) is 0 Å². The van der Waals surface area contributed by atoms with Crippen molar-refractivity contribution < 1.29 is 18.9 Å². The highest BCUT2D eigenvalue weighted by molar-refractivity contribution is 4.96. The van der Waals surface area contributed by atoms with Gasteiger partial charge in [-0.05, 0) is 43.9 Å². The molecule has 26 heavy (non-hydrogen) atoms. The molecule has 0 radical (unpaired) electrons. The Kier molecular flexibility index (Phi) is 9.20. The monoisotopic (exact) mass is 368 g/mol. The Labute approximate surface area is 160 Å². The summed E-state index contributed by atoms with van der Waals surface area (Å²) < 4.78 is 24.2. The fraction of sp³-hybridized carbons (Fsp3) is 1.00.